The Kier molecular flexibility index (Phi) is 4.90. The van der Waals surface area contributed by atoms with E-state index in [-0.39, 0.29) is 23.9 Å². The number of ether oxygens (including phenoxy) is 2. The Morgan fingerprint density at radius 1 is 1.27 bits per heavy atom. The maximum absolute atomic E-state index is 12.1. The Morgan fingerprint density at radius 3 is 2.55 bits per heavy atom. The minimum atomic E-state index is -0.331. The average molecular weight is 306 g/mol. The molecule has 1 fully saturated rings. The lowest BCUT2D eigenvalue weighted by Crippen LogP contribution is -2.43. The Morgan fingerprint density at radius 2 is 1.95 bits per heavy atom. The third kappa shape index (κ3) is 3.32. The molecule has 0 aromatic heterocycles. The zero-order chi connectivity index (χ0) is 16.3. The number of hydrogen-bond donors (Lipinski definition) is 1. The first kappa shape index (κ1) is 16.1. The highest BCUT2D eigenvalue weighted by Gasteiger charge is 2.35. The van der Waals surface area contributed by atoms with Crippen LogP contribution >= 0.6 is 0 Å². The maximum atomic E-state index is 12.1. The highest BCUT2D eigenvalue weighted by molar-refractivity contribution is 5.96. The molecule has 1 unspecified atom stereocenters. The second-order valence-corrected chi connectivity index (χ2v) is 5.62. The molecular formula is C16H22N2O4. The number of imide groups is 1. The normalized spacial score (nSPS) is 17.8. The molecule has 1 atom stereocenters. The van der Waals surface area contributed by atoms with Gasteiger partial charge in [-0.15, -0.1) is 0 Å². The van der Waals surface area contributed by atoms with E-state index in [1.807, 2.05) is 32.0 Å². The fraction of sp³-hybridized carbons (Fsp3) is 0.500. The third-order valence-electron chi connectivity index (χ3n) is 3.66. The summed E-state index contributed by atoms with van der Waals surface area (Å²) in [4.78, 5) is 25.4. The van der Waals surface area contributed by atoms with Crippen LogP contribution in [0.4, 0.5) is 4.79 Å². The zero-order valence-corrected chi connectivity index (χ0v) is 13.4. The molecule has 1 aromatic carbocycles. The molecule has 1 saturated heterocycles. The minimum Gasteiger partial charge on any atom is -0.493 e. The molecule has 0 saturated carbocycles. The summed E-state index contributed by atoms with van der Waals surface area (Å²) in [5.41, 5.74) is 0.964. The smallest absolute Gasteiger partial charge is 0.324 e. The van der Waals surface area contributed by atoms with Crippen LogP contribution in [0.3, 0.4) is 0 Å². The van der Waals surface area contributed by atoms with E-state index in [0.717, 1.165) is 5.56 Å². The Bertz CT molecular complexity index is 571. The molecule has 22 heavy (non-hydrogen) atoms. The Hall–Kier alpha value is -2.24. The number of carbonyl (C=O) groups excluding carboxylic acids is 2. The second kappa shape index (κ2) is 6.68. The van der Waals surface area contributed by atoms with Crippen LogP contribution in [0.2, 0.25) is 0 Å². The van der Waals surface area contributed by atoms with Crippen molar-refractivity contribution in [1.29, 1.82) is 0 Å². The van der Waals surface area contributed by atoms with Crippen LogP contribution in [-0.2, 0) is 4.79 Å². The van der Waals surface area contributed by atoms with Crippen molar-refractivity contribution in [2.75, 3.05) is 20.8 Å². The number of nitrogens with one attached hydrogen (secondary N) is 1. The molecule has 1 N–H and O–H groups in total. The summed E-state index contributed by atoms with van der Waals surface area (Å²) in [6.07, 6.45) is 0.320. The summed E-state index contributed by atoms with van der Waals surface area (Å²) in [6, 6.07) is 5.25. The standard InChI is InChI=1S/C16H22N2O4/c1-10(2)17-16(20)18-9-12(8-15(18)19)11-5-6-13(21-3)14(7-11)22-4/h5-7,10,12H,8-9H2,1-4H3,(H,17,20). The molecule has 0 radical (unpaired) electrons. The van der Waals surface area contributed by atoms with E-state index in [2.05, 4.69) is 5.32 Å². The largest absolute Gasteiger partial charge is 0.493 e. The fourth-order valence-electron chi connectivity index (χ4n) is 2.56. The van der Waals surface area contributed by atoms with Crippen LogP contribution in [0, 0.1) is 0 Å². The number of urea groups is 1. The van der Waals surface area contributed by atoms with Gasteiger partial charge in [0.2, 0.25) is 5.91 Å². The predicted octanol–water partition coefficient (Wildman–Crippen LogP) is 2.14. The van der Waals surface area contributed by atoms with Crippen molar-refractivity contribution in [3.05, 3.63) is 23.8 Å². The third-order valence-corrected chi connectivity index (χ3v) is 3.66. The summed E-state index contributed by atoms with van der Waals surface area (Å²) in [5, 5.41) is 2.75. The highest BCUT2D eigenvalue weighted by atomic mass is 16.5. The van der Waals surface area contributed by atoms with Crippen LogP contribution < -0.4 is 14.8 Å². The first-order chi connectivity index (χ1) is 10.5. The molecular weight excluding hydrogens is 284 g/mol. The van der Waals surface area contributed by atoms with E-state index in [4.69, 9.17) is 9.47 Å². The number of hydrogen-bond acceptors (Lipinski definition) is 4. The van der Waals surface area contributed by atoms with Crippen LogP contribution in [0.15, 0.2) is 18.2 Å². The van der Waals surface area contributed by atoms with Gasteiger partial charge in [0.15, 0.2) is 11.5 Å². The van der Waals surface area contributed by atoms with Gasteiger partial charge in [0.1, 0.15) is 0 Å². The SMILES string of the molecule is COc1ccc(C2CC(=O)N(C(=O)NC(C)C)C2)cc1OC. The first-order valence-corrected chi connectivity index (χ1v) is 7.29. The fourth-order valence-corrected chi connectivity index (χ4v) is 2.56. The van der Waals surface area contributed by atoms with E-state index < -0.39 is 0 Å². The molecule has 1 aliphatic rings. The van der Waals surface area contributed by atoms with Gasteiger partial charge >= 0.3 is 6.03 Å². The molecule has 2 rings (SSSR count). The minimum absolute atomic E-state index is 0.000399. The lowest BCUT2D eigenvalue weighted by atomic mass is 9.98. The summed E-state index contributed by atoms with van der Waals surface area (Å²) in [6.45, 7) is 4.11. The van der Waals surface area contributed by atoms with Crippen molar-refractivity contribution in [2.24, 2.45) is 0 Å². The van der Waals surface area contributed by atoms with Gasteiger partial charge in [-0.25, -0.2) is 4.79 Å². The molecule has 1 heterocycles. The first-order valence-electron chi connectivity index (χ1n) is 7.29. The van der Waals surface area contributed by atoms with Crippen LogP contribution in [0.25, 0.3) is 0 Å². The number of carbonyl (C=O) groups is 2. The molecule has 1 aliphatic heterocycles. The quantitative estimate of drug-likeness (QED) is 0.925. The number of likely N-dealkylation sites (tertiary alicyclic amines) is 1. The summed E-state index contributed by atoms with van der Waals surface area (Å²) in [7, 11) is 3.15. The lowest BCUT2D eigenvalue weighted by Gasteiger charge is -2.18. The van der Waals surface area contributed by atoms with Crippen molar-refractivity contribution in [3.8, 4) is 11.5 Å². The number of rotatable bonds is 4. The van der Waals surface area contributed by atoms with Crippen molar-refractivity contribution in [1.82, 2.24) is 10.2 Å². The van der Waals surface area contributed by atoms with Crippen molar-refractivity contribution in [2.45, 2.75) is 32.2 Å². The van der Waals surface area contributed by atoms with E-state index in [1.165, 1.54) is 4.90 Å². The Balaban J connectivity index is 2.15. The van der Waals surface area contributed by atoms with E-state index in [1.54, 1.807) is 14.2 Å². The molecule has 0 aliphatic carbocycles. The second-order valence-electron chi connectivity index (χ2n) is 5.62. The Labute approximate surface area is 130 Å². The highest BCUT2D eigenvalue weighted by Crippen LogP contribution is 2.34. The van der Waals surface area contributed by atoms with Crippen LogP contribution in [-0.4, -0.2) is 43.6 Å². The van der Waals surface area contributed by atoms with Crippen LogP contribution in [0.1, 0.15) is 31.7 Å². The van der Waals surface area contributed by atoms with Gasteiger partial charge in [0.05, 0.1) is 14.2 Å². The molecule has 0 bridgehead atoms. The lowest BCUT2D eigenvalue weighted by molar-refractivity contribution is -0.125. The number of benzene rings is 1. The number of methoxy groups -OCH3 is 2. The van der Waals surface area contributed by atoms with Gasteiger partial charge in [-0.2, -0.15) is 0 Å². The van der Waals surface area contributed by atoms with Gasteiger partial charge < -0.3 is 14.8 Å². The van der Waals surface area contributed by atoms with Crippen LogP contribution in [0.5, 0.6) is 11.5 Å². The van der Waals surface area contributed by atoms with Gasteiger partial charge in [0, 0.05) is 24.9 Å². The van der Waals surface area contributed by atoms with Gasteiger partial charge in [-0.05, 0) is 31.5 Å². The number of nitrogens with zero attached hydrogens (tertiary/aromatic N) is 1. The molecule has 3 amide bonds. The zero-order valence-electron chi connectivity index (χ0n) is 13.4. The topological polar surface area (TPSA) is 67.9 Å². The monoisotopic (exact) mass is 306 g/mol. The van der Waals surface area contributed by atoms with Gasteiger partial charge in [0.25, 0.3) is 0 Å². The van der Waals surface area contributed by atoms with Crippen molar-refractivity contribution in [3.63, 3.8) is 0 Å². The molecule has 0 spiro atoms. The summed E-state index contributed by atoms with van der Waals surface area (Å²) < 4.78 is 10.5. The van der Waals surface area contributed by atoms with E-state index >= 15 is 0 Å². The van der Waals surface area contributed by atoms with E-state index in [9.17, 15) is 9.59 Å². The van der Waals surface area contributed by atoms with Gasteiger partial charge in [-0.1, -0.05) is 6.07 Å². The van der Waals surface area contributed by atoms with E-state index in [0.29, 0.717) is 24.5 Å². The average Bonchev–Trinajstić information content (AvgIpc) is 2.87. The predicted molar refractivity (Wildman–Crippen MR) is 82.3 cm³/mol. The van der Waals surface area contributed by atoms with Gasteiger partial charge in [-0.3, -0.25) is 9.69 Å². The number of amides is 3. The van der Waals surface area contributed by atoms with Crippen molar-refractivity contribution < 1.29 is 19.1 Å². The molecule has 6 nitrogen and oxygen atoms in total. The molecule has 120 valence electrons. The summed E-state index contributed by atoms with van der Waals surface area (Å²) >= 11 is 0. The maximum Gasteiger partial charge on any atom is 0.324 e. The van der Waals surface area contributed by atoms with Crippen molar-refractivity contribution >= 4 is 11.9 Å². The molecule has 6 heteroatoms. The molecule has 1 aromatic rings. The summed E-state index contributed by atoms with van der Waals surface area (Å²) in [5.74, 6) is 1.09.